The molecule has 0 saturated carbocycles. The van der Waals surface area contributed by atoms with Gasteiger partial charge in [-0.05, 0) is 80.9 Å². The summed E-state index contributed by atoms with van der Waals surface area (Å²) in [5.41, 5.74) is 4.54. The second kappa shape index (κ2) is 12.4. The molecule has 0 radical (unpaired) electrons. The maximum absolute atomic E-state index is 12.8. The van der Waals surface area contributed by atoms with E-state index in [4.69, 9.17) is 9.72 Å². The molecule has 2 unspecified atom stereocenters. The topological polar surface area (TPSA) is 58.5 Å². The van der Waals surface area contributed by atoms with Gasteiger partial charge in [0.05, 0.1) is 12.6 Å². The van der Waals surface area contributed by atoms with E-state index < -0.39 is 11.5 Å². The summed E-state index contributed by atoms with van der Waals surface area (Å²) >= 11 is 0. The number of benzene rings is 3. The molecular weight excluding hydrogens is 494 g/mol. The molecule has 2 atom stereocenters. The number of ether oxygens (including phenoxy) is 1. The van der Waals surface area contributed by atoms with Crippen molar-refractivity contribution in [2.45, 2.75) is 30.8 Å². The number of aromatic nitrogens is 2. The van der Waals surface area contributed by atoms with E-state index in [1.807, 2.05) is 66.9 Å². The first-order valence-corrected chi connectivity index (χ1v) is 13.9. The number of rotatable bonds is 11. The van der Waals surface area contributed by atoms with Crippen LogP contribution in [0.5, 0.6) is 5.88 Å². The van der Waals surface area contributed by atoms with E-state index in [2.05, 4.69) is 60.4 Å². The van der Waals surface area contributed by atoms with Crippen LogP contribution in [0, 0.1) is 0 Å². The van der Waals surface area contributed by atoms with Crippen molar-refractivity contribution in [2.75, 3.05) is 27.7 Å². The second-order valence-corrected chi connectivity index (χ2v) is 10.6. The maximum Gasteiger partial charge on any atom is 0.217 e. The van der Waals surface area contributed by atoms with Gasteiger partial charge in [0.1, 0.15) is 5.60 Å². The van der Waals surface area contributed by atoms with E-state index in [1.165, 1.54) is 0 Å². The standard InChI is InChI=1S/C35H37N3O2/c1-38(2)22-11-10-20-35(39,30-16-8-5-9-17-30)33(26-13-6-4-7-14-26)31-24-29-23-27(28-15-12-21-36-25-28)18-19-32(29)37-34(31)40-3/h4-9,12-19,21,23-25,33,39H,10-11,20,22H2,1-3H3. The Hall–Kier alpha value is -4.06. The molecule has 0 aliphatic rings. The van der Waals surface area contributed by atoms with Gasteiger partial charge in [-0.1, -0.05) is 72.8 Å². The SMILES string of the molecule is COc1nc2ccc(-c3cccnc3)cc2cc1C(c1ccccc1)C(O)(CCCCN(C)C)c1ccccc1. The van der Waals surface area contributed by atoms with Crippen LogP contribution in [0.15, 0.2) is 109 Å². The highest BCUT2D eigenvalue weighted by Crippen LogP contribution is 2.48. The summed E-state index contributed by atoms with van der Waals surface area (Å²) in [6.45, 7) is 0.971. The molecule has 2 aromatic heterocycles. The average Bonchev–Trinajstić information content (AvgIpc) is 3.00. The largest absolute Gasteiger partial charge is 0.481 e. The molecule has 5 aromatic rings. The van der Waals surface area contributed by atoms with Crippen LogP contribution in [0.25, 0.3) is 22.0 Å². The Morgan fingerprint density at radius 2 is 1.60 bits per heavy atom. The first-order valence-electron chi connectivity index (χ1n) is 13.9. The first-order chi connectivity index (χ1) is 19.5. The molecule has 0 spiro atoms. The summed E-state index contributed by atoms with van der Waals surface area (Å²) in [5.74, 6) is 0.127. The van der Waals surface area contributed by atoms with E-state index in [9.17, 15) is 5.11 Å². The molecule has 0 aliphatic heterocycles. The Labute approximate surface area is 237 Å². The summed E-state index contributed by atoms with van der Waals surface area (Å²) in [6, 6.07) is 32.7. The van der Waals surface area contributed by atoms with E-state index in [0.29, 0.717) is 12.3 Å². The van der Waals surface area contributed by atoms with Gasteiger partial charge in [-0.3, -0.25) is 4.98 Å². The van der Waals surface area contributed by atoms with Crippen LogP contribution >= 0.6 is 0 Å². The number of hydrogen-bond acceptors (Lipinski definition) is 5. The normalized spacial score (nSPS) is 13.7. The van der Waals surface area contributed by atoms with Crippen molar-refractivity contribution >= 4 is 10.9 Å². The number of aliphatic hydroxyl groups is 1. The van der Waals surface area contributed by atoms with Crippen LogP contribution in [0.2, 0.25) is 0 Å². The number of hydrogen-bond donors (Lipinski definition) is 1. The zero-order valence-electron chi connectivity index (χ0n) is 23.5. The zero-order chi connectivity index (χ0) is 28.0. The Bertz CT molecular complexity index is 1520. The van der Waals surface area contributed by atoms with Crippen LogP contribution in [0.1, 0.15) is 41.9 Å². The fourth-order valence-corrected chi connectivity index (χ4v) is 5.62. The van der Waals surface area contributed by atoms with E-state index in [1.54, 1.807) is 13.3 Å². The monoisotopic (exact) mass is 531 g/mol. The van der Waals surface area contributed by atoms with Crippen LogP contribution in [0.4, 0.5) is 0 Å². The third kappa shape index (κ3) is 5.91. The average molecular weight is 532 g/mol. The molecule has 5 nitrogen and oxygen atoms in total. The van der Waals surface area contributed by atoms with Crippen LogP contribution in [0.3, 0.4) is 0 Å². The lowest BCUT2D eigenvalue weighted by Gasteiger charge is -2.38. The summed E-state index contributed by atoms with van der Waals surface area (Å²) in [6.07, 6.45) is 6.12. The molecule has 0 aliphatic carbocycles. The van der Waals surface area contributed by atoms with Crippen molar-refractivity contribution in [2.24, 2.45) is 0 Å². The summed E-state index contributed by atoms with van der Waals surface area (Å²) < 4.78 is 5.92. The van der Waals surface area contributed by atoms with Gasteiger partial charge in [-0.25, -0.2) is 4.98 Å². The zero-order valence-corrected chi connectivity index (χ0v) is 23.5. The predicted molar refractivity (Wildman–Crippen MR) is 163 cm³/mol. The van der Waals surface area contributed by atoms with Gasteiger partial charge in [0.2, 0.25) is 5.88 Å². The molecule has 40 heavy (non-hydrogen) atoms. The van der Waals surface area contributed by atoms with Gasteiger partial charge >= 0.3 is 0 Å². The minimum Gasteiger partial charge on any atom is -0.481 e. The Morgan fingerprint density at radius 3 is 2.27 bits per heavy atom. The molecule has 0 bridgehead atoms. The highest BCUT2D eigenvalue weighted by molar-refractivity contribution is 5.86. The van der Waals surface area contributed by atoms with Gasteiger partial charge in [0, 0.05) is 34.8 Å². The summed E-state index contributed by atoms with van der Waals surface area (Å²) in [5, 5.41) is 13.8. The fraction of sp³-hybridized carbons (Fsp3) is 0.257. The molecule has 0 saturated heterocycles. The van der Waals surface area contributed by atoms with Crippen molar-refractivity contribution in [3.05, 3.63) is 126 Å². The number of methoxy groups -OCH3 is 1. The van der Waals surface area contributed by atoms with E-state index in [0.717, 1.165) is 58.1 Å². The quantitative estimate of drug-likeness (QED) is 0.185. The van der Waals surface area contributed by atoms with Crippen molar-refractivity contribution in [1.82, 2.24) is 14.9 Å². The van der Waals surface area contributed by atoms with Gasteiger partial charge in [0.15, 0.2) is 0 Å². The molecule has 0 amide bonds. The lowest BCUT2D eigenvalue weighted by atomic mass is 9.71. The molecular formula is C35H37N3O2. The maximum atomic E-state index is 12.8. The van der Waals surface area contributed by atoms with Crippen LogP contribution in [-0.4, -0.2) is 47.7 Å². The molecule has 2 heterocycles. The fourth-order valence-electron chi connectivity index (χ4n) is 5.62. The van der Waals surface area contributed by atoms with Gasteiger partial charge in [0.25, 0.3) is 0 Å². The Morgan fingerprint density at radius 1 is 0.850 bits per heavy atom. The predicted octanol–water partition coefficient (Wildman–Crippen LogP) is 7.06. The van der Waals surface area contributed by atoms with Crippen molar-refractivity contribution in [1.29, 1.82) is 0 Å². The van der Waals surface area contributed by atoms with E-state index >= 15 is 0 Å². The number of nitrogens with zero attached hydrogens (tertiary/aromatic N) is 3. The van der Waals surface area contributed by atoms with Gasteiger partial charge in [-0.2, -0.15) is 0 Å². The number of unbranched alkanes of at least 4 members (excludes halogenated alkanes) is 1. The highest BCUT2D eigenvalue weighted by Gasteiger charge is 2.42. The Kier molecular flexibility index (Phi) is 8.54. The molecule has 0 fully saturated rings. The minimum atomic E-state index is -1.18. The van der Waals surface area contributed by atoms with Crippen molar-refractivity contribution < 1.29 is 9.84 Å². The molecule has 1 N–H and O–H groups in total. The lowest BCUT2D eigenvalue weighted by Crippen LogP contribution is -2.35. The lowest BCUT2D eigenvalue weighted by molar-refractivity contribution is 0.00678. The second-order valence-electron chi connectivity index (χ2n) is 10.6. The van der Waals surface area contributed by atoms with Crippen LogP contribution < -0.4 is 4.74 Å². The highest BCUT2D eigenvalue weighted by atomic mass is 16.5. The van der Waals surface area contributed by atoms with E-state index in [-0.39, 0.29) is 0 Å². The van der Waals surface area contributed by atoms with Gasteiger partial charge in [-0.15, -0.1) is 0 Å². The summed E-state index contributed by atoms with van der Waals surface area (Å²) in [4.78, 5) is 11.4. The molecule has 5 heteroatoms. The minimum absolute atomic E-state index is 0.399. The van der Waals surface area contributed by atoms with Crippen molar-refractivity contribution in [3.63, 3.8) is 0 Å². The van der Waals surface area contributed by atoms with Crippen LogP contribution in [-0.2, 0) is 5.60 Å². The number of fused-ring (bicyclic) bond motifs is 1. The molecule has 5 rings (SSSR count). The summed E-state index contributed by atoms with van der Waals surface area (Å²) in [7, 11) is 5.82. The van der Waals surface area contributed by atoms with Gasteiger partial charge < -0.3 is 14.7 Å². The molecule has 3 aromatic carbocycles. The first kappa shape index (κ1) is 27.5. The third-order valence-corrected chi connectivity index (χ3v) is 7.60. The third-order valence-electron chi connectivity index (χ3n) is 7.60. The Balaban J connectivity index is 1.69. The smallest absolute Gasteiger partial charge is 0.217 e. The van der Waals surface area contributed by atoms with Crippen molar-refractivity contribution in [3.8, 4) is 17.0 Å². The number of pyridine rings is 2. The molecule has 204 valence electrons.